The molecule has 1 saturated heterocycles. The summed E-state index contributed by atoms with van der Waals surface area (Å²) in [7, 11) is 0. The summed E-state index contributed by atoms with van der Waals surface area (Å²) in [5.74, 6) is 0. The van der Waals surface area contributed by atoms with Crippen LogP contribution in [-0.2, 0) is 0 Å². The van der Waals surface area contributed by atoms with Gasteiger partial charge in [-0.2, -0.15) is 0 Å². The molecule has 0 aromatic rings. The standard InChI is InChI=1S/C17H38N4O/c1-3-19-10-5-8-18-9-6-11-21(16-17-22)15-14-20(4-2)13-7-12-19/h18,22H,3-17H2,1-2H3. The molecule has 0 aliphatic carbocycles. The second kappa shape index (κ2) is 13.3. The minimum Gasteiger partial charge on any atom is -0.395 e. The van der Waals surface area contributed by atoms with Crippen LogP contribution in [0.3, 0.4) is 0 Å². The molecule has 5 heteroatoms. The molecule has 0 bridgehead atoms. The first-order valence-electron chi connectivity index (χ1n) is 9.28. The zero-order valence-electron chi connectivity index (χ0n) is 14.9. The molecule has 1 fully saturated rings. The highest BCUT2D eigenvalue weighted by Crippen LogP contribution is 2.00. The lowest BCUT2D eigenvalue weighted by Crippen LogP contribution is -2.38. The predicted octanol–water partition coefficient (Wildman–Crippen LogP) is 0.698. The number of aliphatic hydroxyl groups is 1. The maximum atomic E-state index is 9.23. The van der Waals surface area contributed by atoms with E-state index in [1.165, 1.54) is 38.9 Å². The number of rotatable bonds is 4. The fourth-order valence-corrected chi connectivity index (χ4v) is 3.11. The number of nitrogens with one attached hydrogen (secondary N) is 1. The van der Waals surface area contributed by atoms with Crippen molar-refractivity contribution in [2.75, 3.05) is 78.6 Å². The lowest BCUT2D eigenvalue weighted by atomic mass is 10.3. The fourth-order valence-electron chi connectivity index (χ4n) is 3.11. The van der Waals surface area contributed by atoms with Gasteiger partial charge in [-0.15, -0.1) is 0 Å². The van der Waals surface area contributed by atoms with E-state index in [4.69, 9.17) is 0 Å². The average Bonchev–Trinajstić information content (AvgIpc) is 2.54. The molecule has 0 spiro atoms. The van der Waals surface area contributed by atoms with Crippen molar-refractivity contribution in [1.29, 1.82) is 0 Å². The summed E-state index contributed by atoms with van der Waals surface area (Å²) in [5.41, 5.74) is 0. The van der Waals surface area contributed by atoms with Gasteiger partial charge >= 0.3 is 0 Å². The minimum atomic E-state index is 0.269. The SMILES string of the molecule is CCN1CCCNCCCN(CCO)CCN(CC)CCC1. The van der Waals surface area contributed by atoms with Gasteiger partial charge in [0.25, 0.3) is 0 Å². The molecule has 22 heavy (non-hydrogen) atoms. The van der Waals surface area contributed by atoms with Crippen molar-refractivity contribution in [1.82, 2.24) is 20.0 Å². The van der Waals surface area contributed by atoms with Gasteiger partial charge in [0.05, 0.1) is 6.61 Å². The number of likely N-dealkylation sites (N-methyl/N-ethyl adjacent to an activating group) is 1. The third-order valence-corrected chi connectivity index (χ3v) is 4.65. The van der Waals surface area contributed by atoms with E-state index in [1.54, 1.807) is 0 Å². The molecule has 1 aliphatic rings. The molecule has 0 radical (unpaired) electrons. The molecular weight excluding hydrogens is 276 g/mol. The van der Waals surface area contributed by atoms with Gasteiger partial charge in [-0.3, -0.25) is 4.90 Å². The number of β-amino-alcohol motifs (C(OH)–C–C–N with tert-alkyl or cyclic N) is 1. The lowest BCUT2D eigenvalue weighted by Gasteiger charge is -2.27. The van der Waals surface area contributed by atoms with Crippen LogP contribution in [0.5, 0.6) is 0 Å². The number of nitrogens with zero attached hydrogens (tertiary/aromatic N) is 3. The molecule has 1 rings (SSSR count). The van der Waals surface area contributed by atoms with Gasteiger partial charge in [-0.1, -0.05) is 13.8 Å². The molecule has 1 heterocycles. The van der Waals surface area contributed by atoms with Crippen molar-refractivity contribution in [3.05, 3.63) is 0 Å². The zero-order valence-corrected chi connectivity index (χ0v) is 14.9. The summed E-state index contributed by atoms with van der Waals surface area (Å²) in [6.45, 7) is 17.0. The Morgan fingerprint density at radius 2 is 1.23 bits per heavy atom. The zero-order chi connectivity index (χ0) is 16.0. The Morgan fingerprint density at radius 3 is 1.82 bits per heavy atom. The first kappa shape index (κ1) is 19.8. The highest BCUT2D eigenvalue weighted by atomic mass is 16.3. The quantitative estimate of drug-likeness (QED) is 0.799. The molecule has 132 valence electrons. The summed E-state index contributed by atoms with van der Waals surface area (Å²) in [6, 6.07) is 0. The monoisotopic (exact) mass is 314 g/mol. The predicted molar refractivity (Wildman–Crippen MR) is 94.5 cm³/mol. The maximum absolute atomic E-state index is 9.23. The second-order valence-corrected chi connectivity index (χ2v) is 6.24. The van der Waals surface area contributed by atoms with Gasteiger partial charge in [0.15, 0.2) is 0 Å². The van der Waals surface area contributed by atoms with Crippen molar-refractivity contribution < 1.29 is 5.11 Å². The Morgan fingerprint density at radius 1 is 0.727 bits per heavy atom. The summed E-state index contributed by atoms with van der Waals surface area (Å²) >= 11 is 0. The Hall–Kier alpha value is -0.200. The van der Waals surface area contributed by atoms with Gasteiger partial charge in [-0.05, 0) is 71.6 Å². The van der Waals surface area contributed by atoms with E-state index in [1.807, 2.05) is 0 Å². The van der Waals surface area contributed by atoms with E-state index in [0.29, 0.717) is 0 Å². The fraction of sp³-hybridized carbons (Fsp3) is 1.00. The number of hydrogen-bond acceptors (Lipinski definition) is 5. The summed E-state index contributed by atoms with van der Waals surface area (Å²) in [6.07, 6.45) is 3.67. The van der Waals surface area contributed by atoms with Crippen LogP contribution >= 0.6 is 0 Å². The van der Waals surface area contributed by atoms with Crippen molar-refractivity contribution >= 4 is 0 Å². The summed E-state index contributed by atoms with van der Waals surface area (Å²) in [4.78, 5) is 7.53. The van der Waals surface area contributed by atoms with Crippen LogP contribution in [0.4, 0.5) is 0 Å². The molecule has 0 saturated carbocycles. The van der Waals surface area contributed by atoms with Crippen LogP contribution in [0.15, 0.2) is 0 Å². The minimum absolute atomic E-state index is 0.269. The second-order valence-electron chi connectivity index (χ2n) is 6.24. The Labute approximate surface area is 137 Å². The van der Waals surface area contributed by atoms with Crippen LogP contribution in [0.1, 0.15) is 33.1 Å². The number of hydrogen-bond donors (Lipinski definition) is 2. The molecule has 0 atom stereocenters. The number of aliphatic hydroxyl groups excluding tert-OH is 1. The first-order chi connectivity index (χ1) is 10.8. The van der Waals surface area contributed by atoms with Gasteiger partial charge in [0, 0.05) is 19.6 Å². The van der Waals surface area contributed by atoms with Crippen molar-refractivity contribution in [3.8, 4) is 0 Å². The van der Waals surface area contributed by atoms with E-state index < -0.39 is 0 Å². The molecule has 0 unspecified atom stereocenters. The van der Waals surface area contributed by atoms with Crippen LogP contribution in [0.25, 0.3) is 0 Å². The van der Waals surface area contributed by atoms with E-state index in [2.05, 4.69) is 33.9 Å². The largest absolute Gasteiger partial charge is 0.395 e. The summed E-state index contributed by atoms with van der Waals surface area (Å²) in [5, 5.41) is 12.8. The van der Waals surface area contributed by atoms with E-state index in [9.17, 15) is 5.11 Å². The topological polar surface area (TPSA) is 42.0 Å². The molecule has 0 aromatic carbocycles. The maximum Gasteiger partial charge on any atom is 0.0558 e. The first-order valence-corrected chi connectivity index (χ1v) is 9.28. The third kappa shape index (κ3) is 9.06. The van der Waals surface area contributed by atoms with Crippen LogP contribution in [-0.4, -0.2) is 98.4 Å². The molecule has 1 aliphatic heterocycles. The van der Waals surface area contributed by atoms with E-state index in [0.717, 1.165) is 52.4 Å². The Kier molecular flexibility index (Phi) is 12.0. The average molecular weight is 315 g/mol. The van der Waals surface area contributed by atoms with Crippen molar-refractivity contribution in [2.45, 2.75) is 33.1 Å². The van der Waals surface area contributed by atoms with E-state index >= 15 is 0 Å². The highest BCUT2D eigenvalue weighted by molar-refractivity contribution is 4.66. The normalized spacial score (nSPS) is 23.0. The third-order valence-electron chi connectivity index (χ3n) is 4.65. The van der Waals surface area contributed by atoms with Crippen LogP contribution < -0.4 is 5.32 Å². The van der Waals surface area contributed by atoms with Gasteiger partial charge in [0.2, 0.25) is 0 Å². The van der Waals surface area contributed by atoms with Gasteiger partial charge in [0.1, 0.15) is 0 Å². The molecule has 0 aromatic heterocycles. The van der Waals surface area contributed by atoms with Crippen LogP contribution in [0.2, 0.25) is 0 Å². The Balaban J connectivity index is 2.46. The smallest absolute Gasteiger partial charge is 0.0558 e. The van der Waals surface area contributed by atoms with Crippen LogP contribution in [0, 0.1) is 0 Å². The molecular formula is C17H38N4O. The van der Waals surface area contributed by atoms with E-state index in [-0.39, 0.29) is 6.61 Å². The molecule has 0 amide bonds. The van der Waals surface area contributed by atoms with Gasteiger partial charge < -0.3 is 20.2 Å². The van der Waals surface area contributed by atoms with Crippen molar-refractivity contribution in [3.63, 3.8) is 0 Å². The highest BCUT2D eigenvalue weighted by Gasteiger charge is 2.09. The van der Waals surface area contributed by atoms with Crippen molar-refractivity contribution in [2.24, 2.45) is 0 Å². The Bertz CT molecular complexity index is 253. The summed E-state index contributed by atoms with van der Waals surface area (Å²) < 4.78 is 0. The lowest BCUT2D eigenvalue weighted by molar-refractivity contribution is 0.166. The van der Waals surface area contributed by atoms with Gasteiger partial charge in [-0.25, -0.2) is 0 Å². The molecule has 5 nitrogen and oxygen atoms in total. The molecule has 2 N–H and O–H groups in total.